The molecule has 1 N–H and O–H groups in total. The number of esters is 1. The summed E-state index contributed by atoms with van der Waals surface area (Å²) in [6.07, 6.45) is 1.15. The number of nitrogens with one attached hydrogen (secondary N) is 1. The topological polar surface area (TPSA) is 75.7 Å². The van der Waals surface area contributed by atoms with Gasteiger partial charge in [0.1, 0.15) is 6.04 Å². The quantitative estimate of drug-likeness (QED) is 0.783. The summed E-state index contributed by atoms with van der Waals surface area (Å²) in [6.45, 7) is 1.49. The number of benzene rings is 1. The molecule has 2 amide bonds. The Hall–Kier alpha value is -1.44. The van der Waals surface area contributed by atoms with Crippen LogP contribution in [-0.2, 0) is 19.1 Å². The molecule has 0 aliphatic carbocycles. The van der Waals surface area contributed by atoms with Crippen LogP contribution in [0.1, 0.15) is 19.8 Å². The first-order chi connectivity index (χ1) is 11.8. The highest BCUT2D eigenvalue weighted by Gasteiger charge is 2.53. The van der Waals surface area contributed by atoms with Crippen molar-refractivity contribution >= 4 is 58.4 Å². The van der Waals surface area contributed by atoms with Gasteiger partial charge in [-0.2, -0.15) is 0 Å². The van der Waals surface area contributed by atoms with Crippen LogP contribution in [0, 0.1) is 0 Å². The van der Waals surface area contributed by atoms with Crippen molar-refractivity contribution in [3.05, 3.63) is 28.2 Å². The maximum Gasteiger partial charge on any atom is 0.330 e. The second-order valence-electron chi connectivity index (χ2n) is 6.02. The highest BCUT2D eigenvalue weighted by molar-refractivity contribution is 8.01. The number of thioether (sulfide) groups is 1. The van der Waals surface area contributed by atoms with E-state index >= 15 is 0 Å². The fourth-order valence-corrected chi connectivity index (χ4v) is 4.78. The van der Waals surface area contributed by atoms with Gasteiger partial charge in [0.25, 0.3) is 5.91 Å². The van der Waals surface area contributed by atoms with E-state index < -0.39 is 24.5 Å². The maximum absolute atomic E-state index is 12.3. The zero-order chi connectivity index (χ0) is 18.2. The van der Waals surface area contributed by atoms with E-state index in [2.05, 4.69) is 5.32 Å². The molecule has 2 atom stereocenters. The van der Waals surface area contributed by atoms with Gasteiger partial charge in [-0.3, -0.25) is 9.59 Å². The van der Waals surface area contributed by atoms with Crippen LogP contribution in [0.15, 0.2) is 18.2 Å². The Labute approximate surface area is 159 Å². The standard InChI is InChI=1S/C16H16Cl2N2O4S/c1-16-6-5-13(22)20(16)11(8-25-16)15(23)24-7-12(21)19-10-4-2-3-9(17)14(10)18/h2-4,11H,5-8H2,1H3,(H,19,21)/t11-,16-/m0/s1. The van der Waals surface area contributed by atoms with Crippen LogP contribution < -0.4 is 5.32 Å². The van der Waals surface area contributed by atoms with Gasteiger partial charge < -0.3 is 15.0 Å². The lowest BCUT2D eigenvalue weighted by molar-refractivity contribution is -0.155. The molecule has 1 aromatic rings. The van der Waals surface area contributed by atoms with Crippen LogP contribution in [0.2, 0.25) is 10.0 Å². The lowest BCUT2D eigenvalue weighted by atomic mass is 10.2. The highest BCUT2D eigenvalue weighted by Crippen LogP contribution is 2.47. The Morgan fingerprint density at radius 3 is 2.96 bits per heavy atom. The van der Waals surface area contributed by atoms with E-state index in [1.165, 1.54) is 0 Å². The van der Waals surface area contributed by atoms with Crippen molar-refractivity contribution in [3.63, 3.8) is 0 Å². The number of ether oxygens (including phenoxy) is 1. The summed E-state index contributed by atoms with van der Waals surface area (Å²) in [4.78, 5) is 37.5. The summed E-state index contributed by atoms with van der Waals surface area (Å²) in [7, 11) is 0. The first-order valence-electron chi connectivity index (χ1n) is 7.68. The van der Waals surface area contributed by atoms with Gasteiger partial charge in [0, 0.05) is 12.2 Å². The van der Waals surface area contributed by atoms with E-state index in [1.807, 2.05) is 6.92 Å². The summed E-state index contributed by atoms with van der Waals surface area (Å²) in [5.74, 6) is -0.676. The molecule has 0 saturated carbocycles. The minimum Gasteiger partial charge on any atom is -0.454 e. The molecule has 2 heterocycles. The molecule has 25 heavy (non-hydrogen) atoms. The van der Waals surface area contributed by atoms with E-state index in [4.69, 9.17) is 27.9 Å². The number of fused-ring (bicyclic) bond motifs is 1. The van der Waals surface area contributed by atoms with E-state index in [9.17, 15) is 14.4 Å². The van der Waals surface area contributed by atoms with Crippen LogP contribution in [0.3, 0.4) is 0 Å². The average molecular weight is 403 g/mol. The van der Waals surface area contributed by atoms with Gasteiger partial charge in [0.05, 0.1) is 20.6 Å². The van der Waals surface area contributed by atoms with Crippen molar-refractivity contribution < 1.29 is 19.1 Å². The molecular formula is C16H16Cl2N2O4S. The molecule has 2 aliphatic heterocycles. The van der Waals surface area contributed by atoms with Crippen LogP contribution in [0.25, 0.3) is 0 Å². The number of hydrogen-bond acceptors (Lipinski definition) is 5. The Kier molecular flexibility index (Phi) is 5.18. The van der Waals surface area contributed by atoms with Crippen molar-refractivity contribution in [2.75, 3.05) is 17.7 Å². The molecule has 2 saturated heterocycles. The van der Waals surface area contributed by atoms with Crippen molar-refractivity contribution in [2.45, 2.75) is 30.7 Å². The third kappa shape index (κ3) is 3.59. The van der Waals surface area contributed by atoms with Crippen molar-refractivity contribution in [3.8, 4) is 0 Å². The number of amides is 2. The van der Waals surface area contributed by atoms with Gasteiger partial charge in [-0.05, 0) is 25.5 Å². The third-order valence-corrected chi connectivity index (χ3v) is 6.61. The molecule has 2 aliphatic rings. The first-order valence-corrected chi connectivity index (χ1v) is 9.42. The zero-order valence-electron chi connectivity index (χ0n) is 13.4. The van der Waals surface area contributed by atoms with Crippen molar-refractivity contribution in [1.82, 2.24) is 4.90 Å². The lowest BCUT2D eigenvalue weighted by Crippen LogP contribution is -2.47. The largest absolute Gasteiger partial charge is 0.454 e. The predicted molar refractivity (Wildman–Crippen MR) is 96.8 cm³/mol. The summed E-state index contributed by atoms with van der Waals surface area (Å²) in [5, 5.41) is 3.07. The minimum absolute atomic E-state index is 0.0513. The number of halogens is 2. The monoisotopic (exact) mass is 402 g/mol. The Bertz CT molecular complexity index is 745. The van der Waals surface area contributed by atoms with Crippen molar-refractivity contribution in [1.29, 1.82) is 0 Å². The Morgan fingerprint density at radius 2 is 2.20 bits per heavy atom. The van der Waals surface area contributed by atoms with E-state index in [-0.39, 0.29) is 15.8 Å². The normalized spacial score (nSPS) is 25.0. The SMILES string of the molecule is C[C@]12CCC(=O)N1[C@H](C(=O)OCC(=O)Nc1cccc(Cl)c1Cl)CS2. The molecule has 3 rings (SSSR count). The fraction of sp³-hybridized carbons (Fsp3) is 0.438. The zero-order valence-corrected chi connectivity index (χ0v) is 15.7. The predicted octanol–water partition coefficient (Wildman–Crippen LogP) is 2.93. The van der Waals surface area contributed by atoms with E-state index in [0.29, 0.717) is 29.3 Å². The second-order valence-corrected chi connectivity index (χ2v) is 8.31. The summed E-state index contributed by atoms with van der Waals surface area (Å²) < 4.78 is 5.10. The summed E-state index contributed by atoms with van der Waals surface area (Å²) >= 11 is 13.4. The van der Waals surface area contributed by atoms with Gasteiger partial charge in [0.15, 0.2) is 6.61 Å². The second kappa shape index (κ2) is 7.05. The molecule has 9 heteroatoms. The van der Waals surface area contributed by atoms with Gasteiger partial charge in [0.2, 0.25) is 5.91 Å². The van der Waals surface area contributed by atoms with Gasteiger partial charge in [-0.25, -0.2) is 4.79 Å². The summed E-state index contributed by atoms with van der Waals surface area (Å²) in [5.41, 5.74) is 0.342. The lowest BCUT2D eigenvalue weighted by Gasteiger charge is -2.29. The molecule has 134 valence electrons. The number of hydrogen-bond donors (Lipinski definition) is 1. The minimum atomic E-state index is -0.646. The molecule has 2 fully saturated rings. The number of anilines is 1. The highest BCUT2D eigenvalue weighted by atomic mass is 35.5. The van der Waals surface area contributed by atoms with Gasteiger partial charge >= 0.3 is 5.97 Å². The van der Waals surface area contributed by atoms with E-state index in [1.54, 1.807) is 34.9 Å². The molecule has 0 spiro atoms. The molecular weight excluding hydrogens is 387 g/mol. The molecule has 0 bridgehead atoms. The number of carbonyl (C=O) groups excluding carboxylic acids is 3. The molecule has 0 aromatic heterocycles. The molecule has 0 unspecified atom stereocenters. The molecule has 1 aromatic carbocycles. The van der Waals surface area contributed by atoms with Crippen LogP contribution >= 0.6 is 35.0 Å². The Balaban J connectivity index is 1.56. The summed E-state index contributed by atoms with van der Waals surface area (Å²) in [6, 6.07) is 4.19. The maximum atomic E-state index is 12.3. The van der Waals surface area contributed by atoms with Crippen molar-refractivity contribution in [2.24, 2.45) is 0 Å². The van der Waals surface area contributed by atoms with E-state index in [0.717, 1.165) is 0 Å². The Morgan fingerprint density at radius 1 is 1.44 bits per heavy atom. The van der Waals surface area contributed by atoms with Crippen LogP contribution in [0.4, 0.5) is 5.69 Å². The third-order valence-electron chi connectivity index (χ3n) is 4.29. The number of rotatable bonds is 4. The smallest absolute Gasteiger partial charge is 0.330 e. The number of carbonyl (C=O) groups is 3. The molecule has 0 radical (unpaired) electrons. The van der Waals surface area contributed by atoms with Crippen LogP contribution in [0.5, 0.6) is 0 Å². The first kappa shape index (κ1) is 18.4. The van der Waals surface area contributed by atoms with Gasteiger partial charge in [-0.1, -0.05) is 29.3 Å². The number of nitrogens with zero attached hydrogens (tertiary/aromatic N) is 1. The average Bonchev–Trinajstić information content (AvgIpc) is 3.06. The van der Waals surface area contributed by atoms with Crippen LogP contribution in [-0.4, -0.2) is 46.0 Å². The fourth-order valence-electron chi connectivity index (χ4n) is 3.01. The van der Waals surface area contributed by atoms with Gasteiger partial charge in [-0.15, -0.1) is 11.8 Å². The molecule has 6 nitrogen and oxygen atoms in total.